The lowest BCUT2D eigenvalue weighted by Gasteiger charge is -2.33. The number of hydrogen-bond acceptors (Lipinski definition) is 7. The lowest BCUT2D eigenvalue weighted by molar-refractivity contribution is 0.521. The second-order valence-corrected chi connectivity index (χ2v) is 6.44. The Morgan fingerprint density at radius 2 is 2.00 bits per heavy atom. The van der Waals surface area contributed by atoms with Gasteiger partial charge in [-0.2, -0.15) is 0 Å². The monoisotopic (exact) mass is 347 g/mol. The van der Waals surface area contributed by atoms with Crippen molar-refractivity contribution in [2.45, 2.75) is 25.8 Å². The van der Waals surface area contributed by atoms with Gasteiger partial charge in [0.05, 0.1) is 0 Å². The molecule has 4 rings (SSSR count). The van der Waals surface area contributed by atoms with Crippen LogP contribution in [0.4, 0.5) is 11.8 Å². The van der Waals surface area contributed by atoms with Gasteiger partial charge in [0.25, 0.3) is 0 Å². The second kappa shape index (κ2) is 7.43. The number of nitrogens with zero attached hydrogens (tertiary/aromatic N) is 6. The molecule has 0 aromatic carbocycles. The van der Waals surface area contributed by atoms with E-state index in [0.29, 0.717) is 11.9 Å². The normalized spacial score (nSPS) is 17.1. The van der Waals surface area contributed by atoms with Crippen LogP contribution in [0.15, 0.2) is 49.1 Å². The molecule has 0 saturated carbocycles. The maximum atomic E-state index is 4.68. The maximum absolute atomic E-state index is 4.68. The topological polar surface area (TPSA) is 79.7 Å². The fraction of sp³-hybridized carbons (Fsp3) is 0.316. The van der Waals surface area contributed by atoms with Crippen molar-refractivity contribution in [3.05, 3.63) is 54.7 Å². The number of hydrogen-bond donors (Lipinski definition) is 1. The summed E-state index contributed by atoms with van der Waals surface area (Å²) in [5.74, 6) is 2.32. The standard InChI is InChI=1S/C19H21N7/c1-14-11-17(25-18(23-14)15-5-2-7-20-12-15)24-16-6-3-10-26(13-16)19-21-8-4-9-22-19/h2,4-5,7-9,11-12,16H,3,6,10,13H2,1H3,(H,23,24,25). The first-order valence-corrected chi connectivity index (χ1v) is 8.82. The van der Waals surface area contributed by atoms with Crippen LogP contribution in [0.3, 0.4) is 0 Å². The van der Waals surface area contributed by atoms with Crippen molar-refractivity contribution in [2.75, 3.05) is 23.3 Å². The molecule has 1 fully saturated rings. The van der Waals surface area contributed by atoms with Crippen LogP contribution < -0.4 is 10.2 Å². The smallest absolute Gasteiger partial charge is 0.225 e. The Bertz CT molecular complexity index is 854. The zero-order chi connectivity index (χ0) is 17.8. The van der Waals surface area contributed by atoms with Crippen LogP contribution in [0.5, 0.6) is 0 Å². The fourth-order valence-electron chi connectivity index (χ4n) is 3.21. The zero-order valence-corrected chi connectivity index (χ0v) is 14.7. The minimum absolute atomic E-state index is 0.295. The van der Waals surface area contributed by atoms with E-state index in [1.54, 1.807) is 24.8 Å². The number of anilines is 2. The fourth-order valence-corrected chi connectivity index (χ4v) is 3.21. The van der Waals surface area contributed by atoms with Gasteiger partial charge in [-0.25, -0.2) is 19.9 Å². The summed E-state index contributed by atoms with van der Waals surface area (Å²) in [5, 5.41) is 3.56. The molecule has 132 valence electrons. The molecule has 3 aromatic heterocycles. The van der Waals surface area contributed by atoms with Crippen LogP contribution in [-0.4, -0.2) is 44.1 Å². The Kier molecular flexibility index (Phi) is 4.68. The van der Waals surface area contributed by atoms with E-state index >= 15 is 0 Å². The van der Waals surface area contributed by atoms with E-state index in [9.17, 15) is 0 Å². The molecule has 7 heteroatoms. The summed E-state index contributed by atoms with van der Waals surface area (Å²) in [6.07, 6.45) is 9.29. The number of aryl methyl sites for hydroxylation is 1. The van der Waals surface area contributed by atoms with Crippen LogP contribution in [-0.2, 0) is 0 Å². The van der Waals surface area contributed by atoms with Crippen LogP contribution in [0, 0.1) is 6.92 Å². The third kappa shape index (κ3) is 3.77. The third-order valence-corrected chi connectivity index (χ3v) is 4.38. The van der Waals surface area contributed by atoms with Gasteiger partial charge in [-0.1, -0.05) is 0 Å². The molecule has 1 unspecified atom stereocenters. The van der Waals surface area contributed by atoms with Crippen molar-refractivity contribution < 1.29 is 0 Å². The Morgan fingerprint density at radius 3 is 2.81 bits per heavy atom. The minimum Gasteiger partial charge on any atom is -0.365 e. The Balaban J connectivity index is 1.51. The molecule has 26 heavy (non-hydrogen) atoms. The van der Waals surface area contributed by atoms with E-state index in [2.05, 4.69) is 35.1 Å². The van der Waals surface area contributed by atoms with Gasteiger partial charge in [0.15, 0.2) is 5.82 Å². The Morgan fingerprint density at radius 1 is 1.12 bits per heavy atom. The molecule has 1 aliphatic rings. The van der Waals surface area contributed by atoms with Gasteiger partial charge < -0.3 is 10.2 Å². The van der Waals surface area contributed by atoms with Crippen LogP contribution >= 0.6 is 0 Å². The van der Waals surface area contributed by atoms with Crippen molar-refractivity contribution in [3.8, 4) is 11.4 Å². The summed E-state index contributed by atoms with van der Waals surface area (Å²) < 4.78 is 0. The highest BCUT2D eigenvalue weighted by Gasteiger charge is 2.22. The molecule has 1 aliphatic heterocycles. The summed E-state index contributed by atoms with van der Waals surface area (Å²) in [7, 11) is 0. The number of nitrogens with one attached hydrogen (secondary N) is 1. The van der Waals surface area contributed by atoms with Crippen LogP contribution in [0.2, 0.25) is 0 Å². The Labute approximate surface area is 152 Å². The summed E-state index contributed by atoms with van der Waals surface area (Å²) >= 11 is 0. The average molecular weight is 347 g/mol. The predicted octanol–water partition coefficient (Wildman–Crippen LogP) is 2.72. The van der Waals surface area contributed by atoms with E-state index in [-0.39, 0.29) is 0 Å². The molecule has 0 bridgehead atoms. The molecule has 0 amide bonds. The van der Waals surface area contributed by atoms with Crippen molar-refractivity contribution >= 4 is 11.8 Å². The highest BCUT2D eigenvalue weighted by Crippen LogP contribution is 2.21. The highest BCUT2D eigenvalue weighted by atomic mass is 15.3. The van der Waals surface area contributed by atoms with Crippen molar-refractivity contribution in [1.29, 1.82) is 0 Å². The highest BCUT2D eigenvalue weighted by molar-refractivity contribution is 5.56. The quantitative estimate of drug-likeness (QED) is 0.777. The molecular weight excluding hydrogens is 326 g/mol. The van der Waals surface area contributed by atoms with Gasteiger partial charge in [-0.15, -0.1) is 0 Å². The first-order valence-electron chi connectivity index (χ1n) is 8.82. The zero-order valence-electron chi connectivity index (χ0n) is 14.7. The van der Waals surface area contributed by atoms with Gasteiger partial charge >= 0.3 is 0 Å². The minimum atomic E-state index is 0.295. The number of rotatable bonds is 4. The summed E-state index contributed by atoms with van der Waals surface area (Å²) in [4.78, 5) is 24.3. The molecule has 7 nitrogen and oxygen atoms in total. The third-order valence-electron chi connectivity index (χ3n) is 4.38. The van der Waals surface area contributed by atoms with E-state index in [4.69, 9.17) is 0 Å². The number of piperidine rings is 1. The van der Waals surface area contributed by atoms with Gasteiger partial charge in [0, 0.05) is 61.2 Å². The molecule has 0 radical (unpaired) electrons. The number of pyridine rings is 1. The molecule has 0 spiro atoms. The SMILES string of the molecule is Cc1cc(NC2CCCN(c3ncccn3)C2)nc(-c2cccnc2)n1. The maximum Gasteiger partial charge on any atom is 0.225 e. The second-order valence-electron chi connectivity index (χ2n) is 6.44. The molecule has 1 atom stereocenters. The van der Waals surface area contributed by atoms with Gasteiger partial charge in [-0.3, -0.25) is 4.98 Å². The number of aromatic nitrogens is 5. The first kappa shape index (κ1) is 16.4. The first-order chi connectivity index (χ1) is 12.8. The molecule has 0 aliphatic carbocycles. The Hall–Kier alpha value is -3.09. The molecular formula is C19H21N7. The van der Waals surface area contributed by atoms with E-state index in [0.717, 1.165) is 49.0 Å². The summed E-state index contributed by atoms with van der Waals surface area (Å²) in [6, 6.07) is 7.99. The summed E-state index contributed by atoms with van der Waals surface area (Å²) in [5.41, 5.74) is 1.85. The molecule has 1 saturated heterocycles. The van der Waals surface area contributed by atoms with Crippen LogP contribution in [0.25, 0.3) is 11.4 Å². The van der Waals surface area contributed by atoms with Crippen molar-refractivity contribution in [3.63, 3.8) is 0 Å². The predicted molar refractivity (Wildman–Crippen MR) is 101 cm³/mol. The lowest BCUT2D eigenvalue weighted by atomic mass is 10.1. The molecule has 3 aromatic rings. The van der Waals surface area contributed by atoms with Gasteiger partial charge in [0.2, 0.25) is 5.95 Å². The van der Waals surface area contributed by atoms with Crippen molar-refractivity contribution in [2.24, 2.45) is 0 Å². The molecule has 1 N–H and O–H groups in total. The summed E-state index contributed by atoms with van der Waals surface area (Å²) in [6.45, 7) is 3.82. The largest absolute Gasteiger partial charge is 0.365 e. The van der Waals surface area contributed by atoms with E-state index < -0.39 is 0 Å². The molecule has 4 heterocycles. The lowest BCUT2D eigenvalue weighted by Crippen LogP contribution is -2.43. The van der Waals surface area contributed by atoms with Gasteiger partial charge in [0.1, 0.15) is 5.82 Å². The van der Waals surface area contributed by atoms with E-state index in [1.165, 1.54) is 0 Å². The van der Waals surface area contributed by atoms with Crippen LogP contribution in [0.1, 0.15) is 18.5 Å². The average Bonchev–Trinajstić information content (AvgIpc) is 2.69. The van der Waals surface area contributed by atoms with E-state index in [1.807, 2.05) is 31.2 Å². The van der Waals surface area contributed by atoms with Crippen molar-refractivity contribution in [1.82, 2.24) is 24.9 Å². The van der Waals surface area contributed by atoms with Gasteiger partial charge in [-0.05, 0) is 38.0 Å².